The van der Waals surface area contributed by atoms with Gasteiger partial charge in [0.2, 0.25) is 0 Å². The summed E-state index contributed by atoms with van der Waals surface area (Å²) in [5, 5.41) is 6.67. The van der Waals surface area contributed by atoms with E-state index in [-0.39, 0.29) is 0 Å². The number of ether oxygens (including phenoxy) is 1. The molecule has 0 saturated carbocycles. The van der Waals surface area contributed by atoms with Crippen molar-refractivity contribution in [3.63, 3.8) is 0 Å². The molecule has 0 fully saturated rings. The maximum atomic E-state index is 5.93. The Morgan fingerprint density at radius 1 is 1.14 bits per heavy atom. The van der Waals surface area contributed by atoms with E-state index >= 15 is 0 Å². The number of hydrogen-bond acceptors (Lipinski definition) is 6. The number of pyridine rings is 1. The monoisotopic (exact) mass is 405 g/mol. The molecule has 0 spiro atoms. The van der Waals surface area contributed by atoms with E-state index in [2.05, 4.69) is 33.4 Å². The lowest BCUT2D eigenvalue weighted by atomic mass is 10.1. The van der Waals surface area contributed by atoms with Gasteiger partial charge in [0.15, 0.2) is 0 Å². The average Bonchev–Trinajstić information content (AvgIpc) is 3.42. The molecule has 0 unspecified atom stereocenters. The number of nitrogens with zero attached hydrogens (tertiary/aromatic N) is 5. The van der Waals surface area contributed by atoms with Crippen molar-refractivity contribution in [3.05, 3.63) is 71.3 Å². The summed E-state index contributed by atoms with van der Waals surface area (Å²) in [6.07, 6.45) is 10.3. The minimum atomic E-state index is 0.451. The van der Waals surface area contributed by atoms with Gasteiger partial charge in [0.25, 0.3) is 5.95 Å². The normalized spacial score (nSPS) is 11.0. The van der Waals surface area contributed by atoms with Gasteiger partial charge < -0.3 is 4.74 Å². The van der Waals surface area contributed by atoms with E-state index in [0.29, 0.717) is 12.6 Å². The third-order valence-corrected chi connectivity index (χ3v) is 5.55. The molecule has 7 heteroatoms. The van der Waals surface area contributed by atoms with Crippen LogP contribution in [0.1, 0.15) is 36.6 Å². The number of thiophene rings is 1. The highest BCUT2D eigenvalue weighted by atomic mass is 32.1. The molecule has 148 valence electrons. The molecule has 0 N–H and O–H groups in total. The highest BCUT2D eigenvalue weighted by molar-refractivity contribution is 7.13. The van der Waals surface area contributed by atoms with Gasteiger partial charge >= 0.3 is 0 Å². The third kappa shape index (κ3) is 4.35. The summed E-state index contributed by atoms with van der Waals surface area (Å²) in [5.41, 5.74) is 4.16. The topological polar surface area (TPSA) is 65.7 Å². The molecule has 0 amide bonds. The van der Waals surface area contributed by atoms with E-state index in [1.54, 1.807) is 23.7 Å². The smallest absolute Gasteiger partial charge is 0.251 e. The van der Waals surface area contributed by atoms with Crippen LogP contribution in [0.15, 0.2) is 54.4 Å². The van der Waals surface area contributed by atoms with Gasteiger partial charge in [-0.15, -0.1) is 11.3 Å². The van der Waals surface area contributed by atoms with Crippen molar-refractivity contribution in [1.82, 2.24) is 24.7 Å². The third-order valence-electron chi connectivity index (χ3n) is 4.67. The number of hydrogen-bond donors (Lipinski definition) is 0. The first-order valence-corrected chi connectivity index (χ1v) is 10.6. The van der Waals surface area contributed by atoms with Crippen molar-refractivity contribution in [1.29, 1.82) is 0 Å². The molecule has 0 saturated heterocycles. The Morgan fingerprint density at radius 2 is 2.00 bits per heavy atom. The van der Waals surface area contributed by atoms with E-state index in [4.69, 9.17) is 9.72 Å². The molecular formula is C22H23N5OS. The van der Waals surface area contributed by atoms with Crippen LogP contribution in [0.3, 0.4) is 0 Å². The Morgan fingerprint density at radius 3 is 2.76 bits per heavy atom. The number of rotatable bonds is 8. The summed E-state index contributed by atoms with van der Waals surface area (Å²) in [6.45, 7) is 4.67. The van der Waals surface area contributed by atoms with Crippen molar-refractivity contribution >= 4 is 11.3 Å². The number of aromatic nitrogens is 5. The minimum absolute atomic E-state index is 0.451. The highest BCUT2D eigenvalue weighted by Crippen LogP contribution is 2.26. The van der Waals surface area contributed by atoms with E-state index in [0.717, 1.165) is 52.4 Å². The van der Waals surface area contributed by atoms with Gasteiger partial charge in [-0.3, -0.25) is 4.98 Å². The predicted octanol–water partition coefficient (Wildman–Crippen LogP) is 5.02. The fraction of sp³-hybridized carbons (Fsp3) is 0.273. The Balaban J connectivity index is 1.66. The number of aryl methyl sites for hydroxylation is 1. The zero-order valence-corrected chi connectivity index (χ0v) is 17.4. The molecule has 29 heavy (non-hydrogen) atoms. The SMILES string of the molecule is CCCCc1c(COc2ccncc2)cnn1-c1ncc(C)c(-c2cccs2)n1. The lowest BCUT2D eigenvalue weighted by Gasteiger charge is -2.11. The van der Waals surface area contributed by atoms with Crippen molar-refractivity contribution in [2.24, 2.45) is 0 Å². The Bertz CT molecular complexity index is 1060. The summed E-state index contributed by atoms with van der Waals surface area (Å²) in [5.74, 6) is 1.39. The zero-order valence-electron chi connectivity index (χ0n) is 16.6. The first kappa shape index (κ1) is 19.3. The maximum Gasteiger partial charge on any atom is 0.251 e. The van der Waals surface area contributed by atoms with Gasteiger partial charge in [-0.05, 0) is 48.9 Å². The molecule has 0 aliphatic rings. The molecule has 4 aromatic heterocycles. The van der Waals surface area contributed by atoms with Gasteiger partial charge in [0, 0.05) is 24.2 Å². The molecule has 0 aliphatic heterocycles. The molecule has 4 aromatic rings. The molecule has 0 aliphatic carbocycles. The minimum Gasteiger partial charge on any atom is -0.489 e. The van der Waals surface area contributed by atoms with Crippen molar-refractivity contribution < 1.29 is 4.74 Å². The summed E-state index contributed by atoms with van der Waals surface area (Å²) >= 11 is 1.68. The Hall–Kier alpha value is -3.06. The summed E-state index contributed by atoms with van der Waals surface area (Å²) in [4.78, 5) is 14.6. The quantitative estimate of drug-likeness (QED) is 0.412. The second-order valence-electron chi connectivity index (χ2n) is 6.78. The summed E-state index contributed by atoms with van der Waals surface area (Å²) in [7, 11) is 0. The van der Waals surface area contributed by atoms with Crippen LogP contribution in [0, 0.1) is 6.92 Å². The van der Waals surface area contributed by atoms with Gasteiger partial charge in [0.1, 0.15) is 12.4 Å². The van der Waals surface area contributed by atoms with Gasteiger partial charge in [0.05, 0.1) is 22.5 Å². The van der Waals surface area contributed by atoms with Crippen molar-refractivity contribution in [2.75, 3.05) is 0 Å². The Labute approximate surface area is 174 Å². The van der Waals surface area contributed by atoms with E-state index in [9.17, 15) is 0 Å². The highest BCUT2D eigenvalue weighted by Gasteiger charge is 2.16. The van der Waals surface area contributed by atoms with Gasteiger partial charge in [-0.1, -0.05) is 19.4 Å². The fourth-order valence-electron chi connectivity index (χ4n) is 3.10. The van der Waals surface area contributed by atoms with E-state index in [1.165, 1.54) is 0 Å². The molecule has 0 bridgehead atoms. The zero-order chi connectivity index (χ0) is 20.1. The van der Waals surface area contributed by atoms with Gasteiger partial charge in [-0.2, -0.15) is 5.10 Å². The first-order valence-electron chi connectivity index (χ1n) is 9.72. The summed E-state index contributed by atoms with van der Waals surface area (Å²) in [6, 6.07) is 7.83. The summed E-state index contributed by atoms with van der Waals surface area (Å²) < 4.78 is 7.79. The lowest BCUT2D eigenvalue weighted by molar-refractivity contribution is 0.304. The molecule has 4 heterocycles. The molecule has 0 radical (unpaired) electrons. The van der Waals surface area contributed by atoms with E-state index in [1.807, 2.05) is 42.2 Å². The first-order chi connectivity index (χ1) is 14.3. The lowest BCUT2D eigenvalue weighted by Crippen LogP contribution is -2.10. The maximum absolute atomic E-state index is 5.93. The average molecular weight is 406 g/mol. The van der Waals surface area contributed by atoms with Crippen LogP contribution in [0.5, 0.6) is 5.75 Å². The van der Waals surface area contributed by atoms with Crippen molar-refractivity contribution in [3.8, 4) is 22.3 Å². The Kier molecular flexibility index (Phi) is 5.95. The van der Waals surface area contributed by atoms with Crippen LogP contribution in [-0.4, -0.2) is 24.7 Å². The molecule has 0 atom stereocenters. The van der Waals surface area contributed by atoms with Crippen molar-refractivity contribution in [2.45, 2.75) is 39.7 Å². The van der Waals surface area contributed by atoms with Gasteiger partial charge in [-0.25, -0.2) is 14.6 Å². The van der Waals surface area contributed by atoms with Crippen LogP contribution in [0.4, 0.5) is 0 Å². The van der Waals surface area contributed by atoms with Crippen LogP contribution in [0.25, 0.3) is 16.5 Å². The fourth-order valence-corrected chi connectivity index (χ4v) is 3.88. The van der Waals surface area contributed by atoms with Crippen LogP contribution in [-0.2, 0) is 13.0 Å². The van der Waals surface area contributed by atoms with E-state index < -0.39 is 0 Å². The molecular weight excluding hydrogens is 382 g/mol. The van der Waals surface area contributed by atoms with Crippen LogP contribution >= 0.6 is 11.3 Å². The number of unbranched alkanes of at least 4 members (excludes halogenated alkanes) is 1. The molecule has 6 nitrogen and oxygen atoms in total. The second-order valence-corrected chi connectivity index (χ2v) is 7.73. The molecule has 4 rings (SSSR count). The van der Waals surface area contributed by atoms with Crippen LogP contribution < -0.4 is 4.74 Å². The standard InChI is InChI=1S/C22H23N5OS/c1-3-4-6-19-17(15-28-18-8-10-23-11-9-18)14-25-27(19)22-24-13-16(2)21(26-22)20-7-5-12-29-20/h5,7-14H,3-4,6,15H2,1-2H3. The predicted molar refractivity (Wildman–Crippen MR) is 114 cm³/mol. The van der Waals surface area contributed by atoms with Crippen LogP contribution in [0.2, 0.25) is 0 Å². The second kappa shape index (κ2) is 8.96. The largest absolute Gasteiger partial charge is 0.489 e. The molecule has 0 aromatic carbocycles.